The monoisotopic (exact) mass is 321 g/mol. The lowest BCUT2D eigenvalue weighted by Gasteiger charge is -2.00. The largest absolute Gasteiger partial charge is 0.460 e. The quantitative estimate of drug-likeness (QED) is 0.590. The van der Waals surface area contributed by atoms with Gasteiger partial charge in [-0.1, -0.05) is 6.07 Å². The maximum Gasteiger partial charge on any atom is 0.376 e. The van der Waals surface area contributed by atoms with E-state index in [0.29, 0.717) is 5.82 Å². The number of hydrogen-bond donors (Lipinski definition) is 0. The van der Waals surface area contributed by atoms with Crippen LogP contribution in [0.4, 0.5) is 0 Å². The molecular weight excluding hydrogens is 306 g/mol. The molecule has 22 heavy (non-hydrogen) atoms. The molecule has 0 atom stereocenters. The molecule has 2 aromatic rings. The van der Waals surface area contributed by atoms with Crippen molar-refractivity contribution in [1.82, 2.24) is 14.3 Å². The maximum atomic E-state index is 12.4. The molecule has 1 aliphatic carbocycles. The van der Waals surface area contributed by atoms with Gasteiger partial charge in [-0.2, -0.15) is 0 Å². The lowest BCUT2D eigenvalue weighted by atomic mass is 10.4. The first kappa shape index (κ1) is 14.7. The number of Topliss-reactive ketones (excluding diaryl/α,β-unsaturated/α-hetero) is 1. The fourth-order valence-electron chi connectivity index (χ4n) is 2.17. The maximum absolute atomic E-state index is 12.4. The van der Waals surface area contributed by atoms with Crippen LogP contribution < -0.4 is 5.69 Å². The predicted octanol–water partition coefficient (Wildman–Crippen LogP) is 1.24. The highest BCUT2D eigenvalue weighted by Gasteiger charge is 2.31. The standard InChI is InChI=1S/C14H15N3O4S/c1-2-21-13(19)10(18)8-16-14(20)17(9-5-6-9)12(15-16)11-4-3-7-22-11/h3-4,7,9H,2,5-6,8H2,1H3. The van der Waals surface area contributed by atoms with E-state index in [4.69, 9.17) is 0 Å². The normalized spacial score (nSPS) is 14.0. The molecule has 1 aliphatic rings. The Bertz CT molecular complexity index is 756. The summed E-state index contributed by atoms with van der Waals surface area (Å²) in [6, 6.07) is 3.89. The van der Waals surface area contributed by atoms with Gasteiger partial charge in [-0.15, -0.1) is 16.4 Å². The Morgan fingerprint density at radius 2 is 2.23 bits per heavy atom. The van der Waals surface area contributed by atoms with Gasteiger partial charge >= 0.3 is 11.7 Å². The smallest absolute Gasteiger partial charge is 0.376 e. The Morgan fingerprint density at radius 1 is 1.45 bits per heavy atom. The van der Waals surface area contributed by atoms with Gasteiger partial charge in [0, 0.05) is 6.04 Å². The van der Waals surface area contributed by atoms with Crippen molar-refractivity contribution in [2.24, 2.45) is 0 Å². The van der Waals surface area contributed by atoms with E-state index in [2.05, 4.69) is 9.84 Å². The molecule has 0 amide bonds. The van der Waals surface area contributed by atoms with Crippen LogP contribution in [0.15, 0.2) is 22.3 Å². The van der Waals surface area contributed by atoms with E-state index in [1.165, 1.54) is 11.3 Å². The molecule has 1 fully saturated rings. The zero-order valence-electron chi connectivity index (χ0n) is 12.0. The van der Waals surface area contributed by atoms with Crippen molar-refractivity contribution in [3.05, 3.63) is 28.0 Å². The SMILES string of the molecule is CCOC(=O)C(=O)Cn1nc(-c2cccs2)n(C2CC2)c1=O. The summed E-state index contributed by atoms with van der Waals surface area (Å²) >= 11 is 1.48. The number of rotatable bonds is 6. The Balaban J connectivity index is 1.93. The van der Waals surface area contributed by atoms with Gasteiger partial charge in [-0.25, -0.2) is 14.3 Å². The van der Waals surface area contributed by atoms with Crippen LogP contribution in [-0.2, 0) is 20.9 Å². The molecule has 2 aromatic heterocycles. The molecular formula is C14H15N3O4S. The van der Waals surface area contributed by atoms with Crippen LogP contribution >= 0.6 is 11.3 Å². The summed E-state index contributed by atoms with van der Waals surface area (Å²) in [5, 5.41) is 6.15. The van der Waals surface area contributed by atoms with Crippen molar-refractivity contribution in [2.75, 3.05) is 6.61 Å². The zero-order valence-corrected chi connectivity index (χ0v) is 12.8. The van der Waals surface area contributed by atoms with Gasteiger partial charge in [-0.05, 0) is 31.2 Å². The summed E-state index contributed by atoms with van der Waals surface area (Å²) in [6.07, 6.45) is 1.85. The van der Waals surface area contributed by atoms with Crippen LogP contribution in [0.1, 0.15) is 25.8 Å². The minimum Gasteiger partial charge on any atom is -0.460 e. The van der Waals surface area contributed by atoms with Crippen molar-refractivity contribution in [2.45, 2.75) is 32.4 Å². The Labute approximate surface area is 130 Å². The first-order valence-electron chi connectivity index (χ1n) is 7.05. The third-order valence-corrected chi connectivity index (χ3v) is 4.19. The fraction of sp³-hybridized carbons (Fsp3) is 0.429. The van der Waals surface area contributed by atoms with Gasteiger partial charge in [0.05, 0.1) is 11.5 Å². The van der Waals surface area contributed by atoms with E-state index < -0.39 is 18.3 Å². The Hall–Kier alpha value is -2.22. The number of ether oxygens (including phenoxy) is 1. The third kappa shape index (κ3) is 2.74. The van der Waals surface area contributed by atoms with E-state index in [-0.39, 0.29) is 18.3 Å². The molecule has 0 N–H and O–H groups in total. The van der Waals surface area contributed by atoms with Crippen molar-refractivity contribution in [3.8, 4) is 10.7 Å². The molecule has 0 aliphatic heterocycles. The molecule has 3 rings (SSSR count). The number of ketones is 1. The number of thiophene rings is 1. The number of nitrogens with zero attached hydrogens (tertiary/aromatic N) is 3. The summed E-state index contributed by atoms with van der Waals surface area (Å²) in [6.45, 7) is 1.35. The zero-order chi connectivity index (χ0) is 15.7. The average Bonchev–Trinajstić information content (AvgIpc) is 3.07. The molecule has 0 saturated heterocycles. The second-order valence-electron chi connectivity index (χ2n) is 4.99. The minimum atomic E-state index is -0.937. The van der Waals surface area contributed by atoms with Gasteiger partial charge < -0.3 is 4.74 Å². The van der Waals surface area contributed by atoms with Gasteiger partial charge in [0.1, 0.15) is 6.54 Å². The van der Waals surface area contributed by atoms with Crippen LogP contribution in [0.2, 0.25) is 0 Å². The van der Waals surface area contributed by atoms with Crippen LogP contribution in [0.3, 0.4) is 0 Å². The summed E-state index contributed by atoms with van der Waals surface area (Å²) in [5.41, 5.74) is -0.358. The van der Waals surface area contributed by atoms with E-state index in [1.54, 1.807) is 11.5 Å². The number of hydrogen-bond acceptors (Lipinski definition) is 6. The predicted molar refractivity (Wildman–Crippen MR) is 79.7 cm³/mol. The lowest BCUT2D eigenvalue weighted by molar-refractivity contribution is -0.153. The number of carbonyl (C=O) groups excluding carboxylic acids is 2. The Morgan fingerprint density at radius 3 is 2.82 bits per heavy atom. The van der Waals surface area contributed by atoms with Gasteiger partial charge in [0.15, 0.2) is 5.82 Å². The molecule has 1 saturated carbocycles. The molecule has 8 heteroatoms. The van der Waals surface area contributed by atoms with Gasteiger partial charge in [0.2, 0.25) is 0 Å². The highest BCUT2D eigenvalue weighted by Crippen LogP contribution is 2.37. The van der Waals surface area contributed by atoms with Crippen LogP contribution in [-0.4, -0.2) is 32.7 Å². The highest BCUT2D eigenvalue weighted by molar-refractivity contribution is 7.13. The molecule has 7 nitrogen and oxygen atoms in total. The van der Waals surface area contributed by atoms with Crippen molar-refractivity contribution in [3.63, 3.8) is 0 Å². The van der Waals surface area contributed by atoms with Crippen molar-refractivity contribution < 1.29 is 14.3 Å². The van der Waals surface area contributed by atoms with E-state index in [9.17, 15) is 14.4 Å². The highest BCUT2D eigenvalue weighted by atomic mass is 32.1. The van der Waals surface area contributed by atoms with Gasteiger partial charge in [0.25, 0.3) is 5.78 Å². The second kappa shape index (κ2) is 5.88. The van der Waals surface area contributed by atoms with E-state index >= 15 is 0 Å². The van der Waals surface area contributed by atoms with Crippen molar-refractivity contribution in [1.29, 1.82) is 0 Å². The molecule has 0 aromatic carbocycles. The van der Waals surface area contributed by atoms with Crippen LogP contribution in [0, 0.1) is 0 Å². The first-order valence-corrected chi connectivity index (χ1v) is 7.93. The third-order valence-electron chi connectivity index (χ3n) is 3.32. The topological polar surface area (TPSA) is 83.2 Å². The van der Waals surface area contributed by atoms with E-state index in [0.717, 1.165) is 22.4 Å². The molecule has 0 spiro atoms. The summed E-state index contributed by atoms with van der Waals surface area (Å²) in [4.78, 5) is 36.5. The molecule has 2 heterocycles. The first-order chi connectivity index (χ1) is 10.6. The van der Waals surface area contributed by atoms with Crippen molar-refractivity contribution >= 4 is 23.1 Å². The lowest BCUT2D eigenvalue weighted by Crippen LogP contribution is -2.31. The summed E-state index contributed by atoms with van der Waals surface area (Å²) < 4.78 is 7.31. The number of aromatic nitrogens is 3. The Kier molecular flexibility index (Phi) is 3.93. The van der Waals surface area contributed by atoms with Crippen LogP contribution in [0.5, 0.6) is 0 Å². The molecule has 116 valence electrons. The molecule has 0 bridgehead atoms. The van der Waals surface area contributed by atoms with E-state index in [1.807, 2.05) is 17.5 Å². The summed E-state index contributed by atoms with van der Waals surface area (Å²) in [5.74, 6) is -1.16. The average molecular weight is 321 g/mol. The number of carbonyl (C=O) groups is 2. The second-order valence-corrected chi connectivity index (χ2v) is 5.93. The molecule has 0 unspecified atom stereocenters. The number of esters is 1. The van der Waals surface area contributed by atoms with Gasteiger partial charge in [-0.3, -0.25) is 9.36 Å². The minimum absolute atomic E-state index is 0.121. The molecule has 0 radical (unpaired) electrons. The summed E-state index contributed by atoms with van der Waals surface area (Å²) in [7, 11) is 0. The van der Waals surface area contributed by atoms with Crippen LogP contribution in [0.25, 0.3) is 10.7 Å². The fourth-order valence-corrected chi connectivity index (χ4v) is 2.88.